The molecule has 1 aliphatic heterocycles. The average molecular weight is 346 g/mol. The van der Waals surface area contributed by atoms with Crippen LogP contribution in [0.2, 0.25) is 0 Å². The van der Waals surface area contributed by atoms with E-state index in [-0.39, 0.29) is 23.1 Å². The van der Waals surface area contributed by atoms with Crippen molar-refractivity contribution < 1.29 is 9.59 Å². The molecule has 0 spiro atoms. The van der Waals surface area contributed by atoms with Crippen LogP contribution in [0, 0.1) is 11.3 Å². The smallest absolute Gasteiger partial charge is 0.271 e. The molecule has 1 unspecified atom stereocenters. The molecule has 0 saturated heterocycles. The van der Waals surface area contributed by atoms with Gasteiger partial charge in [0.25, 0.3) is 5.91 Å². The number of aromatic nitrogens is 2. The van der Waals surface area contributed by atoms with E-state index in [9.17, 15) is 9.59 Å². The number of hydrogen-bond acceptors (Lipinski definition) is 3. The van der Waals surface area contributed by atoms with Gasteiger partial charge in [-0.05, 0) is 31.1 Å². The molecule has 2 heterocycles. The quantitative estimate of drug-likeness (QED) is 0.878. The van der Waals surface area contributed by atoms with Gasteiger partial charge in [-0.1, -0.05) is 33.6 Å². The van der Waals surface area contributed by atoms with Gasteiger partial charge in [0.05, 0.1) is 17.9 Å². The van der Waals surface area contributed by atoms with Crippen molar-refractivity contribution in [1.29, 1.82) is 0 Å². The average Bonchev–Trinajstić information content (AvgIpc) is 3.20. The van der Waals surface area contributed by atoms with Gasteiger partial charge in [-0.15, -0.1) is 0 Å². The second kappa shape index (κ2) is 7.18. The summed E-state index contributed by atoms with van der Waals surface area (Å²) in [5, 5.41) is 6.16. The zero-order valence-electron chi connectivity index (χ0n) is 15.6. The van der Waals surface area contributed by atoms with Crippen LogP contribution in [-0.2, 0) is 17.8 Å². The van der Waals surface area contributed by atoms with Crippen molar-refractivity contribution in [2.75, 3.05) is 6.54 Å². The highest BCUT2D eigenvalue weighted by Gasteiger charge is 2.30. The molecule has 2 N–H and O–H groups in total. The van der Waals surface area contributed by atoms with Crippen LogP contribution in [0.4, 0.5) is 0 Å². The van der Waals surface area contributed by atoms with Crippen LogP contribution >= 0.6 is 0 Å². The molecule has 138 valence electrons. The molecular formula is C19H30N4O2. The molecular weight excluding hydrogens is 316 g/mol. The van der Waals surface area contributed by atoms with Gasteiger partial charge < -0.3 is 15.2 Å². The van der Waals surface area contributed by atoms with E-state index in [0.29, 0.717) is 24.8 Å². The number of fused-ring (bicyclic) bond motifs is 1. The number of imidazole rings is 1. The summed E-state index contributed by atoms with van der Waals surface area (Å²) in [6.07, 6.45) is 7.85. The minimum absolute atomic E-state index is 0.0206. The molecule has 0 bridgehead atoms. The van der Waals surface area contributed by atoms with Crippen molar-refractivity contribution in [2.24, 2.45) is 11.3 Å². The van der Waals surface area contributed by atoms with Gasteiger partial charge in [0.2, 0.25) is 5.91 Å². The Morgan fingerprint density at radius 2 is 1.96 bits per heavy atom. The van der Waals surface area contributed by atoms with Gasteiger partial charge in [0.1, 0.15) is 5.69 Å². The molecule has 1 atom stereocenters. The van der Waals surface area contributed by atoms with Crippen LogP contribution in [-0.4, -0.2) is 34.0 Å². The van der Waals surface area contributed by atoms with Gasteiger partial charge in [0.15, 0.2) is 0 Å². The lowest BCUT2D eigenvalue weighted by Gasteiger charge is -2.25. The fourth-order valence-corrected chi connectivity index (χ4v) is 3.69. The molecule has 1 aromatic heterocycles. The van der Waals surface area contributed by atoms with E-state index in [1.165, 1.54) is 12.8 Å². The van der Waals surface area contributed by atoms with E-state index >= 15 is 0 Å². The second-order valence-corrected chi connectivity index (χ2v) is 8.66. The zero-order chi connectivity index (χ0) is 18.0. The third kappa shape index (κ3) is 4.41. The molecule has 1 fully saturated rings. The minimum atomic E-state index is -0.113. The number of hydrogen-bond donors (Lipinski definition) is 2. The maximum absolute atomic E-state index is 12.5. The van der Waals surface area contributed by atoms with Crippen LogP contribution in [0.1, 0.15) is 69.1 Å². The van der Waals surface area contributed by atoms with E-state index in [0.717, 1.165) is 31.4 Å². The molecule has 6 nitrogen and oxygen atoms in total. The zero-order valence-corrected chi connectivity index (χ0v) is 15.6. The van der Waals surface area contributed by atoms with Crippen molar-refractivity contribution in [3.63, 3.8) is 0 Å². The number of nitrogens with one attached hydrogen (secondary N) is 2. The summed E-state index contributed by atoms with van der Waals surface area (Å²) in [6, 6.07) is 0.357. The lowest BCUT2D eigenvalue weighted by molar-refractivity contribution is -0.126. The normalized spacial score (nSPS) is 21.0. The van der Waals surface area contributed by atoms with Crippen LogP contribution in [0.3, 0.4) is 0 Å². The first kappa shape index (κ1) is 18.0. The van der Waals surface area contributed by atoms with Crippen molar-refractivity contribution in [3.05, 3.63) is 17.7 Å². The van der Waals surface area contributed by atoms with E-state index in [1.54, 1.807) is 6.33 Å². The highest BCUT2D eigenvalue weighted by atomic mass is 16.2. The van der Waals surface area contributed by atoms with E-state index in [1.807, 2.05) is 4.57 Å². The summed E-state index contributed by atoms with van der Waals surface area (Å²) in [4.78, 5) is 29.2. The van der Waals surface area contributed by atoms with E-state index < -0.39 is 0 Å². The lowest BCUT2D eigenvalue weighted by atomic mass is 9.95. The van der Waals surface area contributed by atoms with Gasteiger partial charge in [-0.25, -0.2) is 4.98 Å². The molecule has 0 aromatic carbocycles. The fourth-order valence-electron chi connectivity index (χ4n) is 3.69. The maximum Gasteiger partial charge on any atom is 0.271 e. The summed E-state index contributed by atoms with van der Waals surface area (Å²) in [7, 11) is 0. The Labute approximate surface area is 149 Å². The SMILES string of the molecule is CC(C)(C)CNC(=O)c1ncn2c1CCC(C(=O)NC1CCCC1)C2. The number of carbonyl (C=O) groups excluding carboxylic acids is 2. The van der Waals surface area contributed by atoms with E-state index in [2.05, 4.69) is 36.4 Å². The van der Waals surface area contributed by atoms with Gasteiger partial charge in [0, 0.05) is 19.1 Å². The molecule has 1 saturated carbocycles. The number of rotatable bonds is 4. The molecule has 0 radical (unpaired) electrons. The second-order valence-electron chi connectivity index (χ2n) is 8.66. The Morgan fingerprint density at radius 1 is 1.24 bits per heavy atom. The van der Waals surface area contributed by atoms with Gasteiger partial charge in [-0.2, -0.15) is 0 Å². The van der Waals surface area contributed by atoms with Crippen LogP contribution in [0.15, 0.2) is 6.33 Å². The first-order chi connectivity index (χ1) is 11.8. The Bertz CT molecular complexity index is 638. The van der Waals surface area contributed by atoms with Crippen molar-refractivity contribution >= 4 is 11.8 Å². The highest BCUT2D eigenvalue weighted by Crippen LogP contribution is 2.24. The first-order valence-corrected chi connectivity index (χ1v) is 9.46. The van der Waals surface area contributed by atoms with Gasteiger partial charge >= 0.3 is 0 Å². The largest absolute Gasteiger partial charge is 0.353 e. The van der Waals surface area contributed by atoms with Crippen LogP contribution < -0.4 is 10.6 Å². The monoisotopic (exact) mass is 346 g/mol. The number of amides is 2. The van der Waals surface area contributed by atoms with Crippen molar-refractivity contribution in [3.8, 4) is 0 Å². The number of nitrogens with zero attached hydrogens (tertiary/aromatic N) is 2. The molecule has 25 heavy (non-hydrogen) atoms. The lowest BCUT2D eigenvalue weighted by Crippen LogP contribution is -2.40. The standard InChI is InChI=1S/C19H30N4O2/c1-19(2,3)11-20-18(25)16-15-9-8-13(10-23(15)12-21-16)17(24)22-14-6-4-5-7-14/h12-14H,4-11H2,1-3H3,(H,20,25)(H,22,24). The summed E-state index contributed by atoms with van der Waals surface area (Å²) in [5.74, 6) is 0.0234. The number of carbonyl (C=O) groups is 2. The summed E-state index contributed by atoms with van der Waals surface area (Å²) < 4.78 is 1.98. The molecule has 3 rings (SSSR count). The fraction of sp³-hybridized carbons (Fsp3) is 0.737. The van der Waals surface area contributed by atoms with E-state index in [4.69, 9.17) is 0 Å². The summed E-state index contributed by atoms with van der Waals surface area (Å²) in [5.41, 5.74) is 1.51. The maximum atomic E-state index is 12.5. The third-order valence-electron chi connectivity index (χ3n) is 5.16. The highest BCUT2D eigenvalue weighted by molar-refractivity contribution is 5.93. The Morgan fingerprint density at radius 3 is 2.64 bits per heavy atom. The molecule has 2 aliphatic rings. The van der Waals surface area contributed by atoms with Crippen LogP contribution in [0.5, 0.6) is 0 Å². The predicted molar refractivity (Wildman–Crippen MR) is 96.2 cm³/mol. The molecule has 1 aliphatic carbocycles. The summed E-state index contributed by atoms with van der Waals surface area (Å²) in [6.45, 7) is 7.49. The van der Waals surface area contributed by atoms with Crippen molar-refractivity contribution in [1.82, 2.24) is 20.2 Å². The van der Waals surface area contributed by atoms with Crippen molar-refractivity contribution in [2.45, 2.75) is 71.9 Å². The Hall–Kier alpha value is -1.85. The minimum Gasteiger partial charge on any atom is -0.353 e. The summed E-state index contributed by atoms with van der Waals surface area (Å²) >= 11 is 0. The Kier molecular flexibility index (Phi) is 5.16. The molecule has 1 aromatic rings. The van der Waals surface area contributed by atoms with Crippen LogP contribution in [0.25, 0.3) is 0 Å². The third-order valence-corrected chi connectivity index (χ3v) is 5.16. The molecule has 2 amide bonds. The predicted octanol–water partition coefficient (Wildman–Crippen LogP) is 2.28. The van der Waals surface area contributed by atoms with Gasteiger partial charge in [-0.3, -0.25) is 9.59 Å². The molecule has 6 heteroatoms. The Balaban J connectivity index is 1.60. The first-order valence-electron chi connectivity index (χ1n) is 9.46. The topological polar surface area (TPSA) is 76.0 Å².